The van der Waals surface area contributed by atoms with E-state index in [0.717, 1.165) is 0 Å². The second-order valence-corrected chi connectivity index (χ2v) is 6.63. The Kier molecular flexibility index (Phi) is 5.26. The van der Waals surface area contributed by atoms with Gasteiger partial charge < -0.3 is 20.5 Å². The van der Waals surface area contributed by atoms with E-state index in [1.54, 1.807) is 52.8 Å². The van der Waals surface area contributed by atoms with E-state index in [4.69, 9.17) is 20.5 Å². The summed E-state index contributed by atoms with van der Waals surface area (Å²) in [6.45, 7) is 9.15. The van der Waals surface area contributed by atoms with Gasteiger partial charge in [-0.3, -0.25) is 0 Å². The monoisotopic (exact) mass is 305 g/mol. The molecule has 6 nitrogen and oxygen atoms in total. The number of hydrogen-bond donors (Lipinski definition) is 2. The van der Waals surface area contributed by atoms with Crippen LogP contribution >= 0.6 is 0 Å². The van der Waals surface area contributed by atoms with Crippen LogP contribution in [0.1, 0.15) is 40.2 Å². The van der Waals surface area contributed by atoms with Crippen molar-refractivity contribution in [3.05, 3.63) is 23.8 Å². The number of ether oxygens (including phenoxy) is 2. The van der Waals surface area contributed by atoms with Gasteiger partial charge in [0.15, 0.2) is 0 Å². The number of nitrogen functional groups attached to an aromatic ring is 1. The standard InChI is InChI=1S/C16H23N3O3/c1-15(2,3)22-14(20)19-16(4,5)10-21-13-8-6-7-12(18)11(13)9-17/h6-8H,10,18H2,1-5H3,(H,19,20). The number of benzene rings is 1. The molecule has 0 spiro atoms. The Balaban J connectivity index is 2.69. The van der Waals surface area contributed by atoms with E-state index in [2.05, 4.69) is 5.32 Å². The third-order valence-electron chi connectivity index (χ3n) is 2.60. The highest BCUT2D eigenvalue weighted by Gasteiger charge is 2.25. The second-order valence-electron chi connectivity index (χ2n) is 6.63. The van der Waals surface area contributed by atoms with Gasteiger partial charge in [0.05, 0.1) is 11.2 Å². The summed E-state index contributed by atoms with van der Waals surface area (Å²) in [6, 6.07) is 7.02. The first-order chi connectivity index (χ1) is 10.0. The molecule has 0 heterocycles. The van der Waals surface area contributed by atoms with Crippen LogP contribution in [0.2, 0.25) is 0 Å². The van der Waals surface area contributed by atoms with E-state index in [-0.39, 0.29) is 12.2 Å². The van der Waals surface area contributed by atoms with Crippen LogP contribution in [0.15, 0.2) is 18.2 Å². The predicted octanol–water partition coefficient (Wildman–Crippen LogP) is 2.82. The third-order valence-corrected chi connectivity index (χ3v) is 2.60. The first-order valence-electron chi connectivity index (χ1n) is 6.97. The van der Waals surface area contributed by atoms with Gasteiger partial charge in [-0.15, -0.1) is 0 Å². The SMILES string of the molecule is CC(C)(COc1cccc(N)c1C#N)NC(=O)OC(C)(C)C. The minimum Gasteiger partial charge on any atom is -0.490 e. The molecule has 1 aromatic carbocycles. The first kappa shape index (κ1) is 17.6. The van der Waals surface area contributed by atoms with Crippen LogP contribution in [0, 0.1) is 11.3 Å². The molecule has 0 saturated carbocycles. The molecule has 0 radical (unpaired) electrons. The smallest absolute Gasteiger partial charge is 0.408 e. The fourth-order valence-corrected chi connectivity index (χ4v) is 1.66. The van der Waals surface area contributed by atoms with Crippen LogP contribution in [0.5, 0.6) is 5.75 Å². The molecule has 0 fully saturated rings. The lowest BCUT2D eigenvalue weighted by atomic mass is 10.1. The Bertz CT molecular complexity index is 583. The van der Waals surface area contributed by atoms with Crippen molar-refractivity contribution >= 4 is 11.8 Å². The van der Waals surface area contributed by atoms with Gasteiger partial charge in [-0.25, -0.2) is 4.79 Å². The number of nitrogens with zero attached hydrogens (tertiary/aromatic N) is 1. The van der Waals surface area contributed by atoms with Crippen LogP contribution in [0.4, 0.5) is 10.5 Å². The van der Waals surface area contributed by atoms with Crippen LogP contribution < -0.4 is 15.8 Å². The minimum absolute atomic E-state index is 0.171. The van der Waals surface area contributed by atoms with E-state index >= 15 is 0 Å². The Morgan fingerprint density at radius 3 is 2.50 bits per heavy atom. The summed E-state index contributed by atoms with van der Waals surface area (Å²) >= 11 is 0. The second kappa shape index (κ2) is 6.56. The van der Waals surface area contributed by atoms with Crippen molar-refractivity contribution in [2.24, 2.45) is 0 Å². The largest absolute Gasteiger partial charge is 0.490 e. The molecule has 0 aliphatic heterocycles. The summed E-state index contributed by atoms with van der Waals surface area (Å²) in [6.07, 6.45) is -0.519. The maximum atomic E-state index is 11.8. The van der Waals surface area contributed by atoms with Crippen molar-refractivity contribution in [1.29, 1.82) is 5.26 Å². The molecule has 3 N–H and O–H groups in total. The number of hydrogen-bond acceptors (Lipinski definition) is 5. The van der Waals surface area contributed by atoms with E-state index < -0.39 is 17.2 Å². The number of nitrogens with two attached hydrogens (primary N) is 1. The van der Waals surface area contributed by atoms with Crippen LogP contribution in [0.25, 0.3) is 0 Å². The molecule has 1 rings (SSSR count). The average Bonchev–Trinajstić information content (AvgIpc) is 2.33. The molecule has 0 aromatic heterocycles. The molecule has 1 amide bonds. The molecule has 0 atom stereocenters. The van der Waals surface area contributed by atoms with Gasteiger partial charge in [0.1, 0.15) is 29.6 Å². The van der Waals surface area contributed by atoms with E-state index in [1.165, 1.54) is 0 Å². The Hall–Kier alpha value is -2.42. The zero-order chi connectivity index (χ0) is 17.0. The summed E-state index contributed by atoms with van der Waals surface area (Å²) in [4.78, 5) is 11.8. The molecule has 0 aliphatic rings. The average molecular weight is 305 g/mol. The molecule has 0 aliphatic carbocycles. The number of rotatable bonds is 4. The molecular weight excluding hydrogens is 282 g/mol. The number of nitrogens with one attached hydrogen (secondary N) is 1. The lowest BCUT2D eigenvalue weighted by molar-refractivity contribution is 0.0441. The lowest BCUT2D eigenvalue weighted by Gasteiger charge is -2.28. The summed E-state index contributed by atoms with van der Waals surface area (Å²) in [5.74, 6) is 0.390. The number of amides is 1. The first-order valence-corrected chi connectivity index (χ1v) is 6.97. The number of carbonyl (C=O) groups is 1. The fraction of sp³-hybridized carbons (Fsp3) is 0.500. The number of anilines is 1. The van der Waals surface area contributed by atoms with Gasteiger partial charge >= 0.3 is 6.09 Å². The van der Waals surface area contributed by atoms with E-state index in [0.29, 0.717) is 11.4 Å². The zero-order valence-electron chi connectivity index (χ0n) is 13.7. The van der Waals surface area contributed by atoms with Crippen LogP contribution in [-0.2, 0) is 4.74 Å². The molecule has 0 unspecified atom stereocenters. The summed E-state index contributed by atoms with van der Waals surface area (Å²) in [5, 5.41) is 11.8. The summed E-state index contributed by atoms with van der Waals surface area (Å²) in [7, 11) is 0. The molecule has 22 heavy (non-hydrogen) atoms. The number of alkyl carbamates (subject to hydrolysis) is 1. The van der Waals surface area contributed by atoms with Gasteiger partial charge in [0.2, 0.25) is 0 Å². The number of nitriles is 1. The maximum absolute atomic E-state index is 11.8. The van der Waals surface area contributed by atoms with Crippen molar-refractivity contribution in [3.8, 4) is 11.8 Å². The third kappa shape index (κ3) is 5.52. The highest BCUT2D eigenvalue weighted by Crippen LogP contribution is 2.24. The van der Waals surface area contributed by atoms with Gasteiger partial charge in [-0.1, -0.05) is 6.07 Å². The molecule has 6 heteroatoms. The molecule has 0 bridgehead atoms. The summed E-state index contributed by atoms with van der Waals surface area (Å²) < 4.78 is 10.8. The van der Waals surface area contributed by atoms with Crippen LogP contribution in [-0.4, -0.2) is 23.8 Å². The topological polar surface area (TPSA) is 97.4 Å². The quantitative estimate of drug-likeness (QED) is 0.834. The van der Waals surface area contributed by atoms with Crippen molar-refractivity contribution in [2.45, 2.75) is 45.8 Å². The lowest BCUT2D eigenvalue weighted by Crippen LogP contribution is -2.49. The van der Waals surface area contributed by atoms with Gasteiger partial charge in [-0.05, 0) is 46.8 Å². The molecular formula is C16H23N3O3. The van der Waals surface area contributed by atoms with Gasteiger partial charge in [-0.2, -0.15) is 5.26 Å². The molecule has 0 saturated heterocycles. The predicted molar refractivity (Wildman–Crippen MR) is 84.5 cm³/mol. The Morgan fingerprint density at radius 1 is 1.32 bits per heavy atom. The summed E-state index contributed by atoms with van der Waals surface area (Å²) in [5.41, 5.74) is 5.14. The van der Waals surface area contributed by atoms with Crippen molar-refractivity contribution in [3.63, 3.8) is 0 Å². The highest BCUT2D eigenvalue weighted by atomic mass is 16.6. The normalized spacial score (nSPS) is 11.5. The zero-order valence-corrected chi connectivity index (χ0v) is 13.7. The van der Waals surface area contributed by atoms with Gasteiger partial charge in [0.25, 0.3) is 0 Å². The van der Waals surface area contributed by atoms with E-state index in [9.17, 15) is 4.79 Å². The maximum Gasteiger partial charge on any atom is 0.408 e. The van der Waals surface area contributed by atoms with Crippen molar-refractivity contribution in [2.75, 3.05) is 12.3 Å². The Morgan fingerprint density at radius 2 is 1.95 bits per heavy atom. The minimum atomic E-state index is -0.667. The Labute approximate surface area is 131 Å². The van der Waals surface area contributed by atoms with Crippen molar-refractivity contribution in [1.82, 2.24) is 5.32 Å². The molecule has 1 aromatic rings. The van der Waals surface area contributed by atoms with Gasteiger partial charge in [0, 0.05) is 0 Å². The number of carbonyl (C=O) groups excluding carboxylic acids is 1. The van der Waals surface area contributed by atoms with E-state index in [1.807, 2.05) is 6.07 Å². The molecule has 120 valence electrons. The van der Waals surface area contributed by atoms with Crippen LogP contribution in [0.3, 0.4) is 0 Å². The fourth-order valence-electron chi connectivity index (χ4n) is 1.66. The highest BCUT2D eigenvalue weighted by molar-refractivity contribution is 5.68. The van der Waals surface area contributed by atoms with Crippen molar-refractivity contribution < 1.29 is 14.3 Å².